The van der Waals surface area contributed by atoms with Crippen molar-refractivity contribution in [3.63, 3.8) is 0 Å². The summed E-state index contributed by atoms with van der Waals surface area (Å²) in [6.45, 7) is 0. The second kappa shape index (κ2) is 3.87. The average molecular weight is 192 g/mol. The summed E-state index contributed by atoms with van der Waals surface area (Å²) in [6, 6.07) is 0. The molecule has 4 atom stereocenters. The molecule has 0 spiro atoms. The Morgan fingerprint density at radius 3 is 1.57 bits per heavy atom. The average Bonchev–Trinajstić information content (AvgIpc) is 2.45. The first kappa shape index (κ1) is 9.24. The fourth-order valence-electron chi connectivity index (χ4n) is 4.52. The predicted molar refractivity (Wildman–Crippen MR) is 60.1 cm³/mol. The Bertz CT molecular complexity index is 176. The molecule has 0 nitrogen and oxygen atoms in total. The van der Waals surface area contributed by atoms with Gasteiger partial charge in [-0.25, -0.2) is 0 Å². The van der Waals surface area contributed by atoms with Gasteiger partial charge in [0.15, 0.2) is 0 Å². The monoisotopic (exact) mass is 192 g/mol. The minimum atomic E-state index is 1.13. The number of fused-ring (bicyclic) bond motifs is 4. The summed E-state index contributed by atoms with van der Waals surface area (Å²) >= 11 is 0. The van der Waals surface area contributed by atoms with Crippen molar-refractivity contribution in [1.82, 2.24) is 0 Å². The molecule has 4 unspecified atom stereocenters. The molecule has 0 heterocycles. The SMILES string of the molecule is C1CC2CCC(C1)CC1CCCC1C2. The van der Waals surface area contributed by atoms with Crippen molar-refractivity contribution in [2.45, 2.75) is 64.2 Å². The van der Waals surface area contributed by atoms with Crippen LogP contribution < -0.4 is 0 Å². The second-order valence-corrected chi connectivity index (χ2v) is 6.16. The molecule has 0 N–H and O–H groups in total. The van der Waals surface area contributed by atoms with Crippen molar-refractivity contribution >= 4 is 0 Å². The Hall–Kier alpha value is 0. The normalized spacial score (nSPS) is 48.0. The van der Waals surface area contributed by atoms with Crippen LogP contribution in [0, 0.1) is 23.7 Å². The van der Waals surface area contributed by atoms with Crippen LogP contribution in [0.3, 0.4) is 0 Å². The molecular weight excluding hydrogens is 168 g/mol. The number of hydrogen-bond donors (Lipinski definition) is 0. The molecule has 3 rings (SSSR count). The van der Waals surface area contributed by atoms with Crippen LogP contribution in [0.5, 0.6) is 0 Å². The zero-order chi connectivity index (χ0) is 9.38. The molecule has 0 amide bonds. The van der Waals surface area contributed by atoms with E-state index in [0.717, 1.165) is 23.7 Å². The van der Waals surface area contributed by atoms with Crippen molar-refractivity contribution in [1.29, 1.82) is 0 Å². The van der Waals surface area contributed by atoms with Crippen molar-refractivity contribution in [2.75, 3.05) is 0 Å². The van der Waals surface area contributed by atoms with E-state index in [9.17, 15) is 0 Å². The van der Waals surface area contributed by atoms with E-state index >= 15 is 0 Å². The molecule has 3 fully saturated rings. The maximum absolute atomic E-state index is 1.61. The molecule has 0 heteroatoms. The third-order valence-corrected chi connectivity index (χ3v) is 5.30. The summed E-state index contributed by atoms with van der Waals surface area (Å²) in [5.74, 6) is 4.57. The summed E-state index contributed by atoms with van der Waals surface area (Å²) in [7, 11) is 0. The highest BCUT2D eigenvalue weighted by atomic mass is 14.4. The number of rotatable bonds is 0. The molecular formula is C14H24. The highest BCUT2D eigenvalue weighted by Crippen LogP contribution is 2.46. The van der Waals surface area contributed by atoms with Crippen LogP contribution in [0.15, 0.2) is 0 Å². The van der Waals surface area contributed by atoms with Gasteiger partial charge in [-0.1, -0.05) is 51.4 Å². The van der Waals surface area contributed by atoms with Crippen LogP contribution in [-0.2, 0) is 0 Å². The molecule has 0 saturated heterocycles. The van der Waals surface area contributed by atoms with Gasteiger partial charge in [-0.05, 0) is 36.5 Å². The van der Waals surface area contributed by atoms with Crippen LogP contribution in [0.2, 0.25) is 0 Å². The van der Waals surface area contributed by atoms with Gasteiger partial charge < -0.3 is 0 Å². The van der Waals surface area contributed by atoms with Gasteiger partial charge in [0.1, 0.15) is 0 Å². The zero-order valence-electron chi connectivity index (χ0n) is 9.38. The van der Waals surface area contributed by atoms with Gasteiger partial charge >= 0.3 is 0 Å². The summed E-state index contributed by atoms with van der Waals surface area (Å²) in [5.41, 5.74) is 0. The summed E-state index contributed by atoms with van der Waals surface area (Å²) in [4.78, 5) is 0. The summed E-state index contributed by atoms with van der Waals surface area (Å²) in [5, 5.41) is 0. The van der Waals surface area contributed by atoms with E-state index in [-0.39, 0.29) is 0 Å². The molecule has 3 saturated carbocycles. The van der Waals surface area contributed by atoms with E-state index in [4.69, 9.17) is 0 Å². The number of hydrogen-bond acceptors (Lipinski definition) is 0. The third kappa shape index (κ3) is 1.73. The summed E-state index contributed by atoms with van der Waals surface area (Å²) in [6.07, 6.45) is 15.8. The van der Waals surface area contributed by atoms with Crippen LogP contribution in [0.4, 0.5) is 0 Å². The zero-order valence-corrected chi connectivity index (χ0v) is 9.38. The fraction of sp³-hybridized carbons (Fsp3) is 1.00. The smallest absolute Gasteiger partial charge is 0.0383 e. The van der Waals surface area contributed by atoms with Gasteiger partial charge in [-0.2, -0.15) is 0 Å². The van der Waals surface area contributed by atoms with Gasteiger partial charge in [0, 0.05) is 0 Å². The Morgan fingerprint density at radius 1 is 0.500 bits per heavy atom. The Labute approximate surface area is 88.5 Å². The van der Waals surface area contributed by atoms with E-state index in [0.29, 0.717) is 0 Å². The molecule has 0 aromatic rings. The molecule has 14 heavy (non-hydrogen) atoms. The molecule has 3 aliphatic rings. The van der Waals surface area contributed by atoms with Gasteiger partial charge in [0.05, 0.1) is 0 Å². The minimum absolute atomic E-state index is 1.13. The van der Waals surface area contributed by atoms with Crippen LogP contribution in [-0.4, -0.2) is 0 Å². The molecule has 3 aliphatic carbocycles. The first-order valence-electron chi connectivity index (χ1n) is 6.92. The quantitative estimate of drug-likeness (QED) is 0.534. The Kier molecular flexibility index (Phi) is 2.55. The largest absolute Gasteiger partial charge is 0.0528 e. The van der Waals surface area contributed by atoms with Crippen molar-refractivity contribution in [2.24, 2.45) is 23.7 Å². The van der Waals surface area contributed by atoms with Gasteiger partial charge in [0.25, 0.3) is 0 Å². The third-order valence-electron chi connectivity index (χ3n) is 5.30. The van der Waals surface area contributed by atoms with Crippen LogP contribution in [0.25, 0.3) is 0 Å². The van der Waals surface area contributed by atoms with Crippen molar-refractivity contribution in [3.05, 3.63) is 0 Å². The predicted octanol–water partition coefficient (Wildman–Crippen LogP) is 4.39. The van der Waals surface area contributed by atoms with Gasteiger partial charge in [0.2, 0.25) is 0 Å². The van der Waals surface area contributed by atoms with Crippen molar-refractivity contribution in [3.8, 4) is 0 Å². The maximum Gasteiger partial charge on any atom is -0.0383 e. The first-order chi connectivity index (χ1) is 6.92. The lowest BCUT2D eigenvalue weighted by atomic mass is 9.77. The molecule has 80 valence electrons. The van der Waals surface area contributed by atoms with Gasteiger partial charge in [-0.15, -0.1) is 0 Å². The molecule has 0 aliphatic heterocycles. The standard InChI is InChI=1S/C14H24/c1-3-11-7-8-12(4-1)10-14-6-2-5-13(14)9-11/h11-14H,1-10H2. The Morgan fingerprint density at radius 2 is 1.00 bits per heavy atom. The molecule has 0 radical (unpaired) electrons. The maximum atomic E-state index is 1.61. The highest BCUT2D eigenvalue weighted by molar-refractivity contribution is 4.86. The van der Waals surface area contributed by atoms with E-state index in [1.54, 1.807) is 64.2 Å². The second-order valence-electron chi connectivity index (χ2n) is 6.16. The van der Waals surface area contributed by atoms with E-state index < -0.39 is 0 Å². The van der Waals surface area contributed by atoms with E-state index in [1.807, 2.05) is 0 Å². The van der Waals surface area contributed by atoms with E-state index in [1.165, 1.54) is 0 Å². The fourth-order valence-corrected chi connectivity index (χ4v) is 4.52. The lowest BCUT2D eigenvalue weighted by Gasteiger charge is -2.29. The van der Waals surface area contributed by atoms with Crippen LogP contribution >= 0.6 is 0 Å². The van der Waals surface area contributed by atoms with Gasteiger partial charge in [-0.3, -0.25) is 0 Å². The lowest BCUT2D eigenvalue weighted by Crippen LogP contribution is -2.18. The first-order valence-corrected chi connectivity index (χ1v) is 6.92. The Balaban J connectivity index is 1.77. The highest BCUT2D eigenvalue weighted by Gasteiger charge is 2.34. The lowest BCUT2D eigenvalue weighted by molar-refractivity contribution is 0.219. The van der Waals surface area contributed by atoms with Crippen molar-refractivity contribution < 1.29 is 0 Å². The summed E-state index contributed by atoms with van der Waals surface area (Å²) < 4.78 is 0. The molecule has 0 aromatic heterocycles. The van der Waals surface area contributed by atoms with Crippen LogP contribution in [0.1, 0.15) is 64.2 Å². The molecule has 2 bridgehead atoms. The minimum Gasteiger partial charge on any atom is -0.0528 e. The molecule has 0 aromatic carbocycles. The van der Waals surface area contributed by atoms with E-state index in [2.05, 4.69) is 0 Å². The topological polar surface area (TPSA) is 0 Å².